The van der Waals surface area contributed by atoms with Crippen LogP contribution in [-0.4, -0.2) is 33.8 Å². The molecule has 2 aromatic rings. The first kappa shape index (κ1) is 24.8. The average Bonchev–Trinajstić information content (AvgIpc) is 3.12. The standard InChI is InChI=1S/C26H36N2O5/c1-3-5-6-8-17-10-12-18(13-11-17)15-20-19(4-2)23(25(31)26(27)32)24-21(33-16-22(29)30)9-7-14-28(20)24/h7,9,14,17-18H,3-6,8,10-13,15-16H2,1-2H3,(H2,27,32)(H,29,30). The van der Waals surface area contributed by atoms with Crippen LogP contribution in [0, 0.1) is 11.8 Å². The zero-order valence-corrected chi connectivity index (χ0v) is 19.8. The van der Waals surface area contributed by atoms with Crippen molar-refractivity contribution >= 4 is 23.2 Å². The lowest BCUT2D eigenvalue weighted by molar-refractivity contribution is -0.139. The van der Waals surface area contributed by atoms with Gasteiger partial charge in [0.2, 0.25) is 0 Å². The summed E-state index contributed by atoms with van der Waals surface area (Å²) in [7, 11) is 0. The monoisotopic (exact) mass is 456 g/mol. The van der Waals surface area contributed by atoms with E-state index in [2.05, 4.69) is 6.92 Å². The van der Waals surface area contributed by atoms with E-state index in [1.54, 1.807) is 12.1 Å². The summed E-state index contributed by atoms with van der Waals surface area (Å²) in [5.41, 5.74) is 7.85. The summed E-state index contributed by atoms with van der Waals surface area (Å²) in [6.45, 7) is 3.66. The fourth-order valence-corrected chi connectivity index (χ4v) is 5.30. The Morgan fingerprint density at radius 3 is 2.42 bits per heavy atom. The molecule has 0 aromatic carbocycles. The maximum Gasteiger partial charge on any atom is 0.341 e. The van der Waals surface area contributed by atoms with Gasteiger partial charge in [0.1, 0.15) is 5.75 Å². The van der Waals surface area contributed by atoms with Crippen molar-refractivity contribution < 1.29 is 24.2 Å². The molecule has 0 spiro atoms. The molecule has 7 heteroatoms. The molecular formula is C26H36N2O5. The van der Waals surface area contributed by atoms with Gasteiger partial charge in [-0.3, -0.25) is 9.59 Å². The number of hydrogen-bond acceptors (Lipinski definition) is 4. The third kappa shape index (κ3) is 5.75. The second kappa shape index (κ2) is 11.3. The van der Waals surface area contributed by atoms with Gasteiger partial charge in [-0.05, 0) is 55.2 Å². The van der Waals surface area contributed by atoms with E-state index in [0.29, 0.717) is 17.9 Å². The van der Waals surface area contributed by atoms with Gasteiger partial charge in [-0.15, -0.1) is 0 Å². The minimum atomic E-state index is -1.11. The zero-order valence-electron chi connectivity index (χ0n) is 19.8. The number of Topliss-reactive ketones (excluding diaryl/α,β-unsaturated/α-hetero) is 1. The van der Waals surface area contributed by atoms with Crippen LogP contribution in [0.3, 0.4) is 0 Å². The molecule has 2 heterocycles. The molecule has 0 saturated heterocycles. The molecule has 1 saturated carbocycles. The molecule has 1 aliphatic rings. The van der Waals surface area contributed by atoms with E-state index in [0.717, 1.165) is 36.4 Å². The molecule has 3 rings (SSSR count). The minimum Gasteiger partial charge on any atom is -0.480 e. The molecule has 7 nitrogen and oxygen atoms in total. The Morgan fingerprint density at radius 1 is 1.12 bits per heavy atom. The highest BCUT2D eigenvalue weighted by molar-refractivity contribution is 6.44. The molecule has 3 N–H and O–H groups in total. The highest BCUT2D eigenvalue weighted by Crippen LogP contribution is 2.37. The number of nitrogens with two attached hydrogens (primary N) is 1. The molecule has 0 atom stereocenters. The fourth-order valence-electron chi connectivity index (χ4n) is 5.30. The van der Waals surface area contributed by atoms with Crippen LogP contribution < -0.4 is 10.5 Å². The first-order valence-corrected chi connectivity index (χ1v) is 12.2. The van der Waals surface area contributed by atoms with E-state index >= 15 is 0 Å². The van der Waals surface area contributed by atoms with Gasteiger partial charge in [0.05, 0.1) is 11.1 Å². The number of aliphatic carboxylic acids is 1. The molecule has 0 bridgehead atoms. The Balaban J connectivity index is 1.93. The van der Waals surface area contributed by atoms with E-state index in [1.165, 1.54) is 38.5 Å². The number of fused-ring (bicyclic) bond motifs is 1. The summed E-state index contributed by atoms with van der Waals surface area (Å²) in [5, 5.41) is 9.05. The third-order valence-electron chi connectivity index (χ3n) is 6.95. The zero-order chi connectivity index (χ0) is 24.0. The normalized spacial score (nSPS) is 18.4. The molecule has 180 valence electrons. The molecule has 0 aliphatic heterocycles. The van der Waals surface area contributed by atoms with E-state index < -0.39 is 24.3 Å². The lowest BCUT2D eigenvalue weighted by Gasteiger charge is -2.29. The van der Waals surface area contributed by atoms with Crippen molar-refractivity contribution in [2.45, 2.75) is 78.1 Å². The number of carbonyl (C=O) groups excluding carboxylic acids is 2. The lowest BCUT2D eigenvalue weighted by atomic mass is 9.77. The summed E-state index contributed by atoms with van der Waals surface area (Å²) in [4.78, 5) is 35.8. The number of amides is 1. The van der Waals surface area contributed by atoms with Gasteiger partial charge in [-0.1, -0.05) is 52.4 Å². The number of primary amides is 1. The lowest BCUT2D eigenvalue weighted by Crippen LogP contribution is -2.24. The number of carboxylic acids is 1. The molecule has 1 amide bonds. The van der Waals surface area contributed by atoms with Crippen molar-refractivity contribution in [3.05, 3.63) is 35.2 Å². The van der Waals surface area contributed by atoms with Crippen LogP contribution in [0.1, 0.15) is 86.8 Å². The summed E-state index contributed by atoms with van der Waals surface area (Å²) >= 11 is 0. The second-order valence-corrected chi connectivity index (χ2v) is 9.21. The molecule has 2 aromatic heterocycles. The Kier molecular flexibility index (Phi) is 8.53. The van der Waals surface area contributed by atoms with Crippen LogP contribution in [0.15, 0.2) is 18.3 Å². The Labute approximate surface area is 195 Å². The molecule has 0 unspecified atom stereocenters. The average molecular weight is 457 g/mol. The number of hydrogen-bond donors (Lipinski definition) is 2. The van der Waals surface area contributed by atoms with E-state index in [1.807, 2.05) is 17.5 Å². The predicted molar refractivity (Wildman–Crippen MR) is 127 cm³/mol. The third-order valence-corrected chi connectivity index (χ3v) is 6.95. The van der Waals surface area contributed by atoms with Gasteiger partial charge in [0.15, 0.2) is 6.61 Å². The number of carboxylic acid groups (broad SMARTS) is 1. The topological polar surface area (TPSA) is 111 Å². The van der Waals surface area contributed by atoms with Gasteiger partial charge in [0.25, 0.3) is 11.7 Å². The summed E-state index contributed by atoms with van der Waals surface area (Å²) in [6.07, 6.45) is 13.2. The number of pyridine rings is 1. The smallest absolute Gasteiger partial charge is 0.341 e. The Bertz CT molecular complexity index is 1000. The fraction of sp³-hybridized carbons (Fsp3) is 0.577. The highest BCUT2D eigenvalue weighted by atomic mass is 16.5. The first-order valence-electron chi connectivity index (χ1n) is 12.2. The van der Waals surface area contributed by atoms with E-state index in [4.69, 9.17) is 15.6 Å². The molecule has 1 aliphatic carbocycles. The first-order chi connectivity index (χ1) is 15.9. The van der Waals surface area contributed by atoms with Gasteiger partial charge in [-0.25, -0.2) is 4.79 Å². The van der Waals surface area contributed by atoms with Crippen molar-refractivity contribution in [1.82, 2.24) is 4.40 Å². The van der Waals surface area contributed by atoms with Gasteiger partial charge >= 0.3 is 5.97 Å². The second-order valence-electron chi connectivity index (χ2n) is 9.21. The van der Waals surface area contributed by atoms with E-state index in [-0.39, 0.29) is 11.3 Å². The van der Waals surface area contributed by atoms with Gasteiger partial charge in [-0.2, -0.15) is 0 Å². The van der Waals surface area contributed by atoms with Crippen LogP contribution in [0.2, 0.25) is 0 Å². The van der Waals surface area contributed by atoms with Crippen LogP contribution in [0.4, 0.5) is 0 Å². The molecule has 0 radical (unpaired) electrons. The number of rotatable bonds is 12. The Hall–Kier alpha value is -2.83. The summed E-state index contributed by atoms with van der Waals surface area (Å²) in [6, 6.07) is 3.40. The molecule has 1 fully saturated rings. The minimum absolute atomic E-state index is 0.245. The molecular weight excluding hydrogens is 420 g/mol. The van der Waals surface area contributed by atoms with E-state index in [9.17, 15) is 14.4 Å². The SMILES string of the molecule is CCCCCC1CCC(Cc2c(CC)c(C(=O)C(N)=O)c3c(OCC(=O)O)cccn23)CC1. The quantitative estimate of drug-likeness (QED) is 0.276. The number of carbonyl (C=O) groups is 3. The van der Waals surface area contributed by atoms with Crippen LogP contribution in [-0.2, 0) is 22.4 Å². The number of unbranched alkanes of at least 4 members (excludes halogenated alkanes) is 2. The predicted octanol–water partition coefficient (Wildman–Crippen LogP) is 4.56. The van der Waals surface area contributed by atoms with Crippen molar-refractivity contribution in [1.29, 1.82) is 0 Å². The Morgan fingerprint density at radius 2 is 1.82 bits per heavy atom. The summed E-state index contributed by atoms with van der Waals surface area (Å²) in [5.74, 6) is -1.31. The molecule has 33 heavy (non-hydrogen) atoms. The van der Waals surface area contributed by atoms with Crippen LogP contribution in [0.25, 0.3) is 5.52 Å². The number of nitrogens with zero attached hydrogens (tertiary/aromatic N) is 1. The van der Waals surface area contributed by atoms with Crippen molar-refractivity contribution in [2.75, 3.05) is 6.61 Å². The van der Waals surface area contributed by atoms with Gasteiger partial charge < -0.3 is 20.0 Å². The number of aromatic nitrogens is 1. The van der Waals surface area contributed by atoms with Crippen molar-refractivity contribution in [2.24, 2.45) is 17.6 Å². The number of ether oxygens (including phenoxy) is 1. The summed E-state index contributed by atoms with van der Waals surface area (Å²) < 4.78 is 7.39. The maximum absolute atomic E-state index is 12.8. The largest absolute Gasteiger partial charge is 0.480 e. The van der Waals surface area contributed by atoms with Crippen LogP contribution >= 0.6 is 0 Å². The van der Waals surface area contributed by atoms with Crippen molar-refractivity contribution in [3.63, 3.8) is 0 Å². The number of ketones is 1. The maximum atomic E-state index is 12.8. The van der Waals surface area contributed by atoms with Gasteiger partial charge in [0, 0.05) is 11.9 Å². The highest BCUT2D eigenvalue weighted by Gasteiger charge is 2.30. The van der Waals surface area contributed by atoms with Crippen LogP contribution in [0.5, 0.6) is 5.75 Å². The van der Waals surface area contributed by atoms with Crippen molar-refractivity contribution in [3.8, 4) is 5.75 Å².